The molecule has 0 aliphatic heterocycles. The Hall–Kier alpha value is 3.11. The van der Waals surface area contributed by atoms with E-state index in [-0.39, 0.29) is 90.1 Å². The van der Waals surface area contributed by atoms with E-state index in [0.29, 0.717) is 0 Å². The third-order valence-electron chi connectivity index (χ3n) is 0. The summed E-state index contributed by atoms with van der Waals surface area (Å²) in [5.41, 5.74) is 0. The molecule has 0 amide bonds. The molecule has 0 unspecified atom stereocenters. The molecule has 8 heavy (non-hydrogen) atoms. The molecule has 0 rings (SSSR count). The van der Waals surface area contributed by atoms with E-state index in [0.717, 1.165) is 0 Å². The maximum atomic E-state index is 8.55. The smallest absolute Gasteiger partial charge is 0.822 e. The van der Waals surface area contributed by atoms with Gasteiger partial charge in [0.1, 0.15) is 0 Å². The Balaban J connectivity index is -0.0000000133. The van der Waals surface area contributed by atoms with Crippen molar-refractivity contribution in [1.82, 2.24) is 0 Å². The van der Waals surface area contributed by atoms with Crippen LogP contribution in [0.15, 0.2) is 0 Å². The minimum Gasteiger partial charge on any atom is -0.822 e. The average molecular weight is 166 g/mol. The number of hydrogen-bond donors (Lipinski definition) is 0. The monoisotopic (exact) mass is 166 g/mol. The van der Waals surface area contributed by atoms with Crippen LogP contribution in [-0.2, 0) is 4.57 Å². The molecule has 0 radical (unpaired) electrons. The van der Waals surface area contributed by atoms with Crippen molar-refractivity contribution in [3.63, 3.8) is 0 Å². The quantitative estimate of drug-likeness (QED) is 0.264. The van der Waals surface area contributed by atoms with E-state index in [1.54, 1.807) is 0 Å². The zero-order valence-electron chi connectivity index (χ0n) is 5.08. The van der Waals surface area contributed by atoms with Gasteiger partial charge in [0, 0.05) is 1.43 Å². The molecule has 4 nitrogen and oxygen atoms in total. The van der Waals surface area contributed by atoms with E-state index < -0.39 is 7.82 Å². The fourth-order valence-electron chi connectivity index (χ4n) is 0. The molecule has 0 N–H and O–H groups in total. The van der Waals surface area contributed by atoms with Crippen molar-refractivity contribution in [3.8, 4) is 0 Å². The van der Waals surface area contributed by atoms with Crippen molar-refractivity contribution in [2.24, 2.45) is 0 Å². The predicted octanol–water partition coefficient (Wildman–Crippen LogP) is -11.6. The van der Waals surface area contributed by atoms with Crippen LogP contribution >= 0.6 is 7.82 Å². The molecule has 0 fully saturated rings. The second kappa shape index (κ2) is 10.1. The van der Waals surface area contributed by atoms with Crippen molar-refractivity contribution in [1.29, 1.82) is 0 Å². The Kier molecular flexibility index (Phi) is 28.4. The molecule has 0 spiro atoms. The van der Waals surface area contributed by atoms with Gasteiger partial charge in [0.2, 0.25) is 0 Å². The normalized spacial score (nSPS) is 7.38. The summed E-state index contributed by atoms with van der Waals surface area (Å²) in [6.07, 6.45) is 0. The largest absolute Gasteiger partial charge is 1.00 e. The molecule has 0 saturated carbocycles. The second-order valence-corrected chi connectivity index (χ2v) is 1.34. The van der Waals surface area contributed by atoms with Crippen LogP contribution in [0.5, 0.6) is 0 Å². The topological polar surface area (TPSA) is 86.2 Å². The van der Waals surface area contributed by atoms with E-state index in [1.807, 2.05) is 0 Å². The molecule has 0 aliphatic rings. The molecule has 0 aromatic heterocycles. The predicted molar refractivity (Wildman–Crippen MR) is 9.72 cm³/mol. The number of hydrogen-bond acceptors (Lipinski definition) is 4. The van der Waals surface area contributed by atoms with Crippen LogP contribution in [0, 0.1) is 0 Å². The molecule has 8 heteroatoms. The summed E-state index contributed by atoms with van der Waals surface area (Å²) in [6.45, 7) is 0. The van der Waals surface area contributed by atoms with Gasteiger partial charge >= 0.3 is 88.7 Å². The van der Waals surface area contributed by atoms with Crippen LogP contribution in [0.4, 0.5) is 0 Å². The molecule has 0 saturated heterocycles. The fraction of sp³-hybridized carbons (Fsp3) is 0. The third kappa shape index (κ3) is 61.9. The van der Waals surface area contributed by atoms with Gasteiger partial charge in [0.15, 0.2) is 0 Å². The second-order valence-electron chi connectivity index (χ2n) is 0.447. The van der Waals surface area contributed by atoms with E-state index >= 15 is 0 Å². The first-order valence-electron chi connectivity index (χ1n) is 0.730. The summed E-state index contributed by atoms with van der Waals surface area (Å²) in [5, 5.41) is 0. The third-order valence-corrected chi connectivity index (χ3v) is 0. The van der Waals surface area contributed by atoms with Gasteiger partial charge in [-0.3, -0.25) is 0 Å². The number of phosphoric acid groups is 1. The molecule has 0 aromatic carbocycles. The van der Waals surface area contributed by atoms with E-state index in [2.05, 4.69) is 0 Å². The van der Waals surface area contributed by atoms with Crippen LogP contribution < -0.4 is 103 Å². The molecule has 34 valence electrons. The first kappa shape index (κ1) is 22.5. The van der Waals surface area contributed by atoms with Gasteiger partial charge in [-0.1, -0.05) is 0 Å². The SMILES string of the molecule is O=P([O-])([O-])[O-].[HH].[Na+].[Na+].[Na+]. The van der Waals surface area contributed by atoms with Gasteiger partial charge in [-0.2, -0.15) is 7.82 Å². The summed E-state index contributed by atoms with van der Waals surface area (Å²) < 4.78 is 8.55. The van der Waals surface area contributed by atoms with Crippen molar-refractivity contribution in [2.45, 2.75) is 0 Å². The Morgan fingerprint density at radius 1 is 1.00 bits per heavy atom. The summed E-state index contributed by atoms with van der Waals surface area (Å²) in [7, 11) is -5.39. The summed E-state index contributed by atoms with van der Waals surface area (Å²) >= 11 is 0. The summed E-state index contributed by atoms with van der Waals surface area (Å²) in [6, 6.07) is 0. The van der Waals surface area contributed by atoms with Crippen molar-refractivity contribution in [3.05, 3.63) is 0 Å². The average Bonchev–Trinajstić information content (AvgIpc) is 0.722. The Bertz CT molecular complexity index is 61.9. The van der Waals surface area contributed by atoms with Gasteiger partial charge in [-0.15, -0.1) is 0 Å². The first-order valence-corrected chi connectivity index (χ1v) is 2.19. The van der Waals surface area contributed by atoms with Gasteiger partial charge in [0.25, 0.3) is 0 Å². The Labute approximate surface area is 115 Å². The number of rotatable bonds is 0. The van der Waals surface area contributed by atoms with Gasteiger partial charge in [0.05, 0.1) is 0 Å². The van der Waals surface area contributed by atoms with Gasteiger partial charge in [-0.25, -0.2) is 0 Å². The van der Waals surface area contributed by atoms with Crippen LogP contribution in [-0.4, -0.2) is 0 Å². The minimum absolute atomic E-state index is 0. The van der Waals surface area contributed by atoms with E-state index in [1.165, 1.54) is 0 Å². The first-order chi connectivity index (χ1) is 2.00. The van der Waals surface area contributed by atoms with Crippen molar-refractivity contribution < 1.29 is 109 Å². The van der Waals surface area contributed by atoms with Crippen LogP contribution in [0.1, 0.15) is 1.43 Å². The van der Waals surface area contributed by atoms with E-state index in [4.69, 9.17) is 19.2 Å². The Morgan fingerprint density at radius 2 is 1.00 bits per heavy atom. The standard InChI is InChI=1S/3Na.H3O4P.H2/c;;;1-5(2,3)4;/h;;;(H3,1,2,3,4);1H/q3*+1;;/p-3. The molecule has 0 bridgehead atoms. The molecule has 0 heterocycles. The van der Waals surface area contributed by atoms with Crippen molar-refractivity contribution in [2.75, 3.05) is 0 Å². The molecule has 0 aromatic rings. The van der Waals surface area contributed by atoms with Gasteiger partial charge < -0.3 is 19.2 Å². The zero-order chi connectivity index (χ0) is 4.50. The molecular weight excluding hydrogens is 164 g/mol. The Morgan fingerprint density at radius 3 is 1.00 bits per heavy atom. The fourth-order valence-corrected chi connectivity index (χ4v) is 0. The summed E-state index contributed by atoms with van der Waals surface area (Å²) in [4.78, 5) is 25.6. The molecule has 0 aliphatic carbocycles. The van der Waals surface area contributed by atoms with Crippen LogP contribution in [0.25, 0.3) is 0 Å². The minimum atomic E-state index is -5.39. The maximum absolute atomic E-state index is 8.55. The van der Waals surface area contributed by atoms with Crippen LogP contribution in [0.3, 0.4) is 0 Å². The van der Waals surface area contributed by atoms with Gasteiger partial charge in [-0.05, 0) is 0 Å². The maximum Gasteiger partial charge on any atom is 1.00 e. The van der Waals surface area contributed by atoms with Crippen molar-refractivity contribution >= 4 is 7.82 Å². The van der Waals surface area contributed by atoms with E-state index in [9.17, 15) is 0 Å². The molecule has 0 atom stereocenters. The zero-order valence-corrected chi connectivity index (χ0v) is 12.0. The molecular formula is H2Na3O4P. The van der Waals surface area contributed by atoms with Crippen LogP contribution in [0.2, 0.25) is 0 Å². The summed E-state index contributed by atoms with van der Waals surface area (Å²) in [5.74, 6) is 0.